The molecule has 2 heteroatoms. The van der Waals surface area contributed by atoms with Crippen LogP contribution in [-0.4, -0.2) is 38.3 Å². The van der Waals surface area contributed by atoms with Gasteiger partial charge in [-0.3, -0.25) is 0 Å². The first-order valence-corrected chi connectivity index (χ1v) is 8.07. The zero-order valence-corrected chi connectivity index (χ0v) is 14.3. The second-order valence-electron chi connectivity index (χ2n) is 6.49. The Bertz CT molecular complexity index is 577. The van der Waals surface area contributed by atoms with Crippen molar-refractivity contribution in [2.24, 2.45) is 0 Å². The van der Waals surface area contributed by atoms with Gasteiger partial charge in [0.15, 0.2) is 0 Å². The second-order valence-corrected chi connectivity index (χ2v) is 6.49. The molecule has 2 aromatic rings. The van der Waals surface area contributed by atoms with Gasteiger partial charge < -0.3 is 9.22 Å². The van der Waals surface area contributed by atoms with Gasteiger partial charge in [0.1, 0.15) is 12.6 Å². The summed E-state index contributed by atoms with van der Waals surface area (Å²) in [6.45, 7) is 7.26. The summed E-state index contributed by atoms with van der Waals surface area (Å²) in [5, 5.41) is 0. The van der Waals surface area contributed by atoms with E-state index in [4.69, 9.17) is 4.74 Å². The van der Waals surface area contributed by atoms with E-state index in [1.54, 1.807) is 0 Å². The fraction of sp³-hybridized carbons (Fsp3) is 0.400. The van der Waals surface area contributed by atoms with Crippen LogP contribution in [0, 0.1) is 6.92 Å². The molecule has 0 bridgehead atoms. The fourth-order valence-electron chi connectivity index (χ4n) is 2.45. The molecule has 0 spiro atoms. The summed E-state index contributed by atoms with van der Waals surface area (Å²) < 4.78 is 7.30. The largest absolute Gasteiger partial charge is 0.363 e. The first-order valence-electron chi connectivity index (χ1n) is 8.07. The van der Waals surface area contributed by atoms with Gasteiger partial charge in [-0.25, -0.2) is 0 Å². The number of likely N-dealkylation sites (N-methyl/N-ethyl adjacent to an activating group) is 1. The van der Waals surface area contributed by atoms with Gasteiger partial charge in [-0.1, -0.05) is 54.6 Å². The Labute approximate surface area is 134 Å². The van der Waals surface area contributed by atoms with Crippen molar-refractivity contribution in [2.75, 3.05) is 33.8 Å². The fourth-order valence-corrected chi connectivity index (χ4v) is 2.45. The molecule has 0 heterocycles. The smallest absolute Gasteiger partial charge is 0.108 e. The van der Waals surface area contributed by atoms with E-state index in [1.165, 1.54) is 16.7 Å². The molecule has 118 valence electrons. The van der Waals surface area contributed by atoms with Gasteiger partial charge in [0, 0.05) is 0 Å². The van der Waals surface area contributed by atoms with Crippen LogP contribution in [0.25, 0.3) is 0 Å². The lowest BCUT2D eigenvalue weighted by Crippen LogP contribution is -2.42. The zero-order chi connectivity index (χ0) is 16.0. The quantitative estimate of drug-likeness (QED) is 0.696. The van der Waals surface area contributed by atoms with E-state index < -0.39 is 0 Å². The predicted molar refractivity (Wildman–Crippen MR) is 92.9 cm³/mol. The molecule has 0 aliphatic carbocycles. The van der Waals surface area contributed by atoms with Crippen molar-refractivity contribution in [3.05, 3.63) is 71.3 Å². The van der Waals surface area contributed by atoms with E-state index in [1.807, 2.05) is 0 Å². The third kappa shape index (κ3) is 4.43. The Morgan fingerprint density at radius 3 is 2.23 bits per heavy atom. The van der Waals surface area contributed by atoms with Crippen LogP contribution in [0.4, 0.5) is 0 Å². The van der Waals surface area contributed by atoms with Crippen molar-refractivity contribution >= 4 is 0 Å². The van der Waals surface area contributed by atoms with E-state index in [0.29, 0.717) is 0 Å². The third-order valence-corrected chi connectivity index (χ3v) is 4.41. The minimum Gasteiger partial charge on any atom is -0.363 e. The Morgan fingerprint density at radius 1 is 0.955 bits per heavy atom. The van der Waals surface area contributed by atoms with Crippen molar-refractivity contribution in [3.63, 3.8) is 0 Å². The summed E-state index contributed by atoms with van der Waals surface area (Å²) in [4.78, 5) is 0. The van der Waals surface area contributed by atoms with Gasteiger partial charge in [0.2, 0.25) is 0 Å². The number of quaternary nitrogens is 1. The summed E-state index contributed by atoms with van der Waals surface area (Å²) in [6, 6.07) is 19.0. The van der Waals surface area contributed by atoms with E-state index in [2.05, 4.69) is 82.5 Å². The molecular formula is C20H28NO+. The minimum atomic E-state index is 0.0132. The highest BCUT2D eigenvalue weighted by molar-refractivity contribution is 5.35. The van der Waals surface area contributed by atoms with Crippen LogP contribution in [-0.2, 0) is 4.74 Å². The molecule has 0 saturated carbocycles. The van der Waals surface area contributed by atoms with E-state index >= 15 is 0 Å². The van der Waals surface area contributed by atoms with Gasteiger partial charge in [-0.05, 0) is 30.5 Å². The number of aryl methyl sites for hydroxylation is 1. The number of hydrogen-bond acceptors (Lipinski definition) is 1. The van der Waals surface area contributed by atoms with Gasteiger partial charge in [0.25, 0.3) is 0 Å². The number of nitrogens with zero attached hydrogens (tertiary/aromatic N) is 1. The first-order chi connectivity index (χ1) is 10.5. The average Bonchev–Trinajstić information content (AvgIpc) is 2.53. The van der Waals surface area contributed by atoms with Crippen LogP contribution < -0.4 is 0 Å². The van der Waals surface area contributed by atoms with Crippen molar-refractivity contribution in [1.82, 2.24) is 0 Å². The number of ether oxygens (including phenoxy) is 1. The van der Waals surface area contributed by atoms with E-state index in [0.717, 1.165) is 24.2 Å². The molecule has 0 N–H and O–H groups in total. The van der Waals surface area contributed by atoms with Gasteiger partial charge in [0.05, 0.1) is 27.2 Å². The maximum Gasteiger partial charge on any atom is 0.108 e. The number of hydrogen-bond donors (Lipinski definition) is 0. The highest BCUT2D eigenvalue weighted by Gasteiger charge is 2.18. The van der Waals surface area contributed by atoms with Gasteiger partial charge >= 0.3 is 0 Å². The molecule has 0 aliphatic rings. The van der Waals surface area contributed by atoms with E-state index in [9.17, 15) is 0 Å². The van der Waals surface area contributed by atoms with Crippen LogP contribution >= 0.6 is 0 Å². The lowest BCUT2D eigenvalue weighted by molar-refractivity contribution is -0.889. The normalized spacial score (nSPS) is 13.1. The zero-order valence-electron chi connectivity index (χ0n) is 14.3. The molecule has 22 heavy (non-hydrogen) atoms. The van der Waals surface area contributed by atoms with Crippen LogP contribution in [0.5, 0.6) is 0 Å². The standard InChI is InChI=1S/C20H28NO/c1-5-21(3,4)15-16-22-20(18-12-7-6-8-13-18)19-14-10-9-11-17(19)2/h6-14,20H,5,15-16H2,1-4H3/q+1. The Hall–Kier alpha value is -1.64. The topological polar surface area (TPSA) is 9.23 Å². The lowest BCUT2D eigenvalue weighted by Gasteiger charge is -2.29. The summed E-state index contributed by atoms with van der Waals surface area (Å²) >= 11 is 0. The summed E-state index contributed by atoms with van der Waals surface area (Å²) in [7, 11) is 4.49. The van der Waals surface area contributed by atoms with Crippen LogP contribution in [0.15, 0.2) is 54.6 Å². The van der Waals surface area contributed by atoms with Crippen LogP contribution in [0.3, 0.4) is 0 Å². The molecule has 2 aromatic carbocycles. The average molecular weight is 298 g/mol. The summed E-state index contributed by atoms with van der Waals surface area (Å²) in [5.74, 6) is 0. The number of rotatable bonds is 7. The maximum absolute atomic E-state index is 6.32. The second kappa shape index (κ2) is 7.57. The summed E-state index contributed by atoms with van der Waals surface area (Å²) in [6.07, 6.45) is 0.0132. The SMILES string of the molecule is CC[N+](C)(C)CCOC(c1ccccc1)c1ccccc1C. The van der Waals surface area contributed by atoms with Crippen molar-refractivity contribution in [1.29, 1.82) is 0 Å². The Kier molecular flexibility index (Phi) is 5.76. The molecule has 2 rings (SSSR count). The van der Waals surface area contributed by atoms with Crippen molar-refractivity contribution < 1.29 is 9.22 Å². The predicted octanol–water partition coefficient (Wildman–Crippen LogP) is 4.20. The maximum atomic E-state index is 6.32. The molecule has 0 amide bonds. The molecule has 0 fully saturated rings. The van der Waals surface area contributed by atoms with Crippen molar-refractivity contribution in [2.45, 2.75) is 20.0 Å². The molecule has 0 radical (unpaired) electrons. The van der Waals surface area contributed by atoms with Gasteiger partial charge in [-0.15, -0.1) is 0 Å². The highest BCUT2D eigenvalue weighted by atomic mass is 16.5. The molecule has 1 atom stereocenters. The first kappa shape index (κ1) is 16.7. The minimum absolute atomic E-state index is 0.0132. The highest BCUT2D eigenvalue weighted by Crippen LogP contribution is 2.28. The molecule has 0 aromatic heterocycles. The molecule has 2 nitrogen and oxygen atoms in total. The Balaban J connectivity index is 2.19. The third-order valence-electron chi connectivity index (χ3n) is 4.41. The van der Waals surface area contributed by atoms with Crippen molar-refractivity contribution in [3.8, 4) is 0 Å². The van der Waals surface area contributed by atoms with Crippen LogP contribution in [0.2, 0.25) is 0 Å². The monoisotopic (exact) mass is 298 g/mol. The molecule has 0 aliphatic heterocycles. The van der Waals surface area contributed by atoms with Gasteiger partial charge in [-0.2, -0.15) is 0 Å². The molecular weight excluding hydrogens is 270 g/mol. The lowest BCUT2D eigenvalue weighted by atomic mass is 9.97. The Morgan fingerprint density at radius 2 is 1.59 bits per heavy atom. The molecule has 0 saturated heterocycles. The summed E-state index contributed by atoms with van der Waals surface area (Å²) in [5.41, 5.74) is 3.76. The number of benzene rings is 2. The molecule has 1 unspecified atom stereocenters. The van der Waals surface area contributed by atoms with E-state index in [-0.39, 0.29) is 6.10 Å². The van der Waals surface area contributed by atoms with Crippen LogP contribution in [0.1, 0.15) is 29.7 Å².